The molecule has 238 valence electrons. The van der Waals surface area contributed by atoms with Gasteiger partial charge in [0.2, 0.25) is 0 Å². The molecule has 50 heavy (non-hydrogen) atoms. The van der Waals surface area contributed by atoms with E-state index in [1.165, 1.54) is 77.1 Å². The Kier molecular flexibility index (Phi) is 7.57. The largest absolute Gasteiger partial charge is 0.309 e. The van der Waals surface area contributed by atoms with Crippen LogP contribution in [0.4, 0.5) is 0 Å². The summed E-state index contributed by atoms with van der Waals surface area (Å²) in [5.74, 6) is 4.94. The van der Waals surface area contributed by atoms with E-state index in [0.29, 0.717) is 0 Å². The van der Waals surface area contributed by atoms with E-state index in [1.807, 2.05) is 0 Å². The SMILES string of the molecule is Cc1ccc(P2(c3ccc(-c4ccc(-c5ccc6c(c5)c5ccccc5n6-c5ccccc5)cc4)cc3)=CC=C(c3ccccc3)C=C2)cc1. The fraction of sp³-hybridized carbons (Fsp3) is 0.0208. The van der Waals surface area contributed by atoms with Crippen molar-refractivity contribution in [1.29, 1.82) is 0 Å². The summed E-state index contributed by atoms with van der Waals surface area (Å²) in [4.78, 5) is 0. The number of hydrogen-bond acceptors (Lipinski definition) is 0. The third-order valence-corrected chi connectivity index (χ3v) is 13.6. The first-order valence-corrected chi connectivity index (χ1v) is 19.2. The van der Waals surface area contributed by atoms with Crippen LogP contribution in [-0.4, -0.2) is 10.4 Å². The first-order chi connectivity index (χ1) is 24.7. The summed E-state index contributed by atoms with van der Waals surface area (Å²) >= 11 is 0. The standard InChI is InChI=1S/C48H36NP/c1-35-16-25-43(26-17-35)50(32-30-40(31-33-50)36-10-4-2-5-11-36)44-27-22-38(23-28-44)37-18-20-39(21-19-37)41-24-29-48-46(34-41)45-14-8-9-15-47(45)49(48)42-12-6-3-7-13-42/h2-34H,1H3. The molecule has 0 saturated carbocycles. The Balaban J connectivity index is 1.05. The normalized spacial score (nSPS) is 15.6. The molecule has 0 N–H and O–H groups in total. The zero-order valence-corrected chi connectivity index (χ0v) is 28.8. The lowest BCUT2D eigenvalue weighted by Gasteiger charge is -2.27. The van der Waals surface area contributed by atoms with E-state index in [4.69, 9.17) is 0 Å². The molecule has 0 amide bonds. The van der Waals surface area contributed by atoms with Gasteiger partial charge in [0.1, 0.15) is 0 Å². The van der Waals surface area contributed by atoms with Crippen LogP contribution in [0.15, 0.2) is 194 Å². The van der Waals surface area contributed by atoms with Crippen molar-refractivity contribution in [3.63, 3.8) is 0 Å². The summed E-state index contributed by atoms with van der Waals surface area (Å²) in [7, 11) is 0. The quantitative estimate of drug-likeness (QED) is 0.157. The number of allylic oxidation sites excluding steroid dienone is 3. The number of aromatic nitrogens is 1. The van der Waals surface area contributed by atoms with Crippen LogP contribution in [-0.2, 0) is 0 Å². The molecular formula is C48H36NP. The molecule has 2 heteroatoms. The van der Waals surface area contributed by atoms with Gasteiger partial charge in [-0.1, -0.05) is 175 Å². The Bertz CT molecular complexity index is 2600. The second kappa shape index (κ2) is 12.5. The number of para-hydroxylation sites is 2. The van der Waals surface area contributed by atoms with Crippen LogP contribution in [0.25, 0.3) is 55.3 Å². The monoisotopic (exact) mass is 657 g/mol. The third kappa shape index (κ3) is 5.28. The smallest absolute Gasteiger partial charge is 0.0541 e. The van der Waals surface area contributed by atoms with Crippen molar-refractivity contribution in [3.05, 3.63) is 205 Å². The topological polar surface area (TPSA) is 4.93 Å². The van der Waals surface area contributed by atoms with Gasteiger partial charge in [0, 0.05) is 16.5 Å². The third-order valence-electron chi connectivity index (χ3n) is 10.1. The van der Waals surface area contributed by atoms with Crippen LogP contribution in [0.2, 0.25) is 0 Å². The van der Waals surface area contributed by atoms with Gasteiger partial charge in [0.15, 0.2) is 0 Å². The highest BCUT2D eigenvalue weighted by molar-refractivity contribution is 7.91. The molecule has 2 heterocycles. The van der Waals surface area contributed by atoms with E-state index >= 15 is 0 Å². The maximum absolute atomic E-state index is 2.47. The van der Waals surface area contributed by atoms with Crippen LogP contribution in [0.5, 0.6) is 0 Å². The average Bonchev–Trinajstić information content (AvgIpc) is 3.53. The van der Waals surface area contributed by atoms with E-state index in [1.54, 1.807) is 0 Å². The minimum Gasteiger partial charge on any atom is -0.309 e. The summed E-state index contributed by atoms with van der Waals surface area (Å²) in [6.07, 6.45) is 4.65. The number of rotatable bonds is 6. The van der Waals surface area contributed by atoms with Gasteiger partial charge in [-0.3, -0.25) is 0 Å². The molecule has 7 aromatic carbocycles. The molecule has 1 nitrogen and oxygen atoms in total. The zero-order valence-electron chi connectivity index (χ0n) is 27.9. The Labute approximate surface area is 294 Å². The maximum Gasteiger partial charge on any atom is 0.0541 e. The fourth-order valence-electron chi connectivity index (χ4n) is 7.37. The van der Waals surface area contributed by atoms with E-state index in [-0.39, 0.29) is 0 Å². The van der Waals surface area contributed by atoms with Crippen LogP contribution in [0.3, 0.4) is 0 Å². The molecule has 9 rings (SSSR count). The first-order valence-electron chi connectivity index (χ1n) is 17.2. The van der Waals surface area contributed by atoms with Gasteiger partial charge in [0.05, 0.1) is 11.0 Å². The van der Waals surface area contributed by atoms with Gasteiger partial charge in [0.25, 0.3) is 0 Å². The molecule has 0 fully saturated rings. The van der Waals surface area contributed by atoms with Crippen LogP contribution in [0, 0.1) is 6.92 Å². The van der Waals surface area contributed by atoms with Crippen LogP contribution >= 0.6 is 6.89 Å². The fourth-order valence-corrected chi connectivity index (χ4v) is 10.5. The second-order valence-electron chi connectivity index (χ2n) is 13.1. The van der Waals surface area contributed by atoms with Crippen molar-refractivity contribution in [3.8, 4) is 27.9 Å². The minimum absolute atomic E-state index is 1.18. The molecule has 0 aliphatic carbocycles. The predicted molar refractivity (Wildman–Crippen MR) is 219 cm³/mol. The summed E-state index contributed by atoms with van der Waals surface area (Å²) < 4.78 is 2.37. The molecule has 0 spiro atoms. The van der Waals surface area contributed by atoms with E-state index in [0.717, 1.165) is 0 Å². The molecule has 0 bridgehead atoms. The van der Waals surface area contributed by atoms with Gasteiger partial charge < -0.3 is 4.57 Å². The molecule has 1 aliphatic rings. The zero-order chi connectivity index (χ0) is 33.5. The number of hydrogen-bond donors (Lipinski definition) is 0. The molecule has 1 aliphatic heterocycles. The number of aryl methyl sites for hydroxylation is 1. The van der Waals surface area contributed by atoms with E-state index in [2.05, 4.69) is 211 Å². The lowest BCUT2D eigenvalue weighted by molar-refractivity contribution is 1.18. The van der Waals surface area contributed by atoms with Gasteiger partial charge in [-0.2, -0.15) is 0 Å². The molecule has 8 aromatic rings. The van der Waals surface area contributed by atoms with Crippen molar-refractivity contribution in [2.75, 3.05) is 0 Å². The Hall–Kier alpha value is -5.88. The number of nitrogens with zero attached hydrogens (tertiary/aromatic N) is 1. The molecule has 0 saturated heterocycles. The summed E-state index contributed by atoms with van der Waals surface area (Å²) in [6.45, 7) is 0.287. The van der Waals surface area contributed by atoms with Gasteiger partial charge in [-0.15, -0.1) is 0 Å². The molecule has 1 atom stereocenters. The predicted octanol–water partition coefficient (Wildman–Crippen LogP) is 11.8. The number of fused-ring (bicyclic) bond motifs is 3. The highest BCUT2D eigenvalue weighted by Crippen LogP contribution is 2.49. The second-order valence-corrected chi connectivity index (χ2v) is 16.3. The highest BCUT2D eigenvalue weighted by atomic mass is 31.2. The highest BCUT2D eigenvalue weighted by Gasteiger charge is 2.22. The Morgan fingerprint density at radius 2 is 0.980 bits per heavy atom. The van der Waals surface area contributed by atoms with Crippen molar-refractivity contribution in [2.24, 2.45) is 0 Å². The summed E-state index contributed by atoms with van der Waals surface area (Å²) in [6, 6.07) is 64.3. The Morgan fingerprint density at radius 3 is 1.64 bits per heavy atom. The number of benzene rings is 7. The van der Waals surface area contributed by atoms with E-state index < -0.39 is 6.89 Å². The van der Waals surface area contributed by atoms with Crippen molar-refractivity contribution in [1.82, 2.24) is 4.57 Å². The lowest BCUT2D eigenvalue weighted by atomic mass is 9.99. The van der Waals surface area contributed by atoms with Crippen LogP contribution in [0.1, 0.15) is 11.1 Å². The lowest BCUT2D eigenvalue weighted by Crippen LogP contribution is -2.17. The van der Waals surface area contributed by atoms with Crippen LogP contribution < -0.4 is 10.6 Å². The average molecular weight is 658 g/mol. The minimum atomic E-state index is -1.87. The summed E-state index contributed by atoms with van der Waals surface area (Å²) in [5.41, 5.74) is 12.3. The van der Waals surface area contributed by atoms with Crippen molar-refractivity contribution in [2.45, 2.75) is 6.92 Å². The van der Waals surface area contributed by atoms with Gasteiger partial charge in [-0.25, -0.2) is 0 Å². The molecular weight excluding hydrogens is 622 g/mol. The Morgan fingerprint density at radius 1 is 0.440 bits per heavy atom. The first kappa shape index (κ1) is 30.2. The van der Waals surface area contributed by atoms with Gasteiger partial charge in [-0.05, 0) is 88.1 Å². The molecule has 1 unspecified atom stereocenters. The summed E-state index contributed by atoms with van der Waals surface area (Å²) in [5, 5.41) is 5.28. The van der Waals surface area contributed by atoms with Gasteiger partial charge >= 0.3 is 0 Å². The molecule has 1 aromatic heterocycles. The van der Waals surface area contributed by atoms with E-state index in [9.17, 15) is 0 Å². The molecule has 0 radical (unpaired) electrons. The van der Waals surface area contributed by atoms with Crippen molar-refractivity contribution < 1.29 is 0 Å². The maximum atomic E-state index is 2.47. The van der Waals surface area contributed by atoms with Crippen molar-refractivity contribution >= 4 is 50.7 Å².